The van der Waals surface area contributed by atoms with E-state index >= 15 is 0 Å². The fourth-order valence-electron chi connectivity index (χ4n) is 1.48. The first-order chi connectivity index (χ1) is 8.22. The second-order valence-electron chi connectivity index (χ2n) is 3.92. The summed E-state index contributed by atoms with van der Waals surface area (Å²) >= 11 is 1.72. The number of methoxy groups -OCH3 is 1. The standard InChI is InChI=1S/C12H20N2O2S.ClH/c1-10(8-11-4-3-7-17-11)14-12(15)9-13-5-6-16-2;/h3-4,7,10,13H,5-6,8-9H2,1-2H3,(H,14,15);1H. The third kappa shape index (κ3) is 7.66. The van der Waals surface area contributed by atoms with E-state index in [1.54, 1.807) is 18.4 Å². The van der Waals surface area contributed by atoms with Crippen LogP contribution in [0.1, 0.15) is 11.8 Å². The van der Waals surface area contributed by atoms with Crippen molar-refractivity contribution in [1.82, 2.24) is 10.6 Å². The van der Waals surface area contributed by atoms with E-state index in [1.165, 1.54) is 4.88 Å². The van der Waals surface area contributed by atoms with Crippen molar-refractivity contribution in [3.63, 3.8) is 0 Å². The first-order valence-electron chi connectivity index (χ1n) is 5.73. The minimum Gasteiger partial charge on any atom is -0.383 e. The average molecular weight is 293 g/mol. The van der Waals surface area contributed by atoms with Crippen LogP contribution in [0.4, 0.5) is 0 Å². The fourth-order valence-corrected chi connectivity index (χ4v) is 2.32. The molecule has 4 nitrogen and oxygen atoms in total. The van der Waals surface area contributed by atoms with Gasteiger partial charge >= 0.3 is 0 Å². The van der Waals surface area contributed by atoms with E-state index in [9.17, 15) is 4.79 Å². The van der Waals surface area contributed by atoms with Crippen LogP contribution in [0.25, 0.3) is 0 Å². The molecule has 0 aliphatic carbocycles. The summed E-state index contributed by atoms with van der Waals surface area (Å²) in [7, 11) is 1.64. The summed E-state index contributed by atoms with van der Waals surface area (Å²) in [5.74, 6) is 0.0326. The predicted molar refractivity (Wildman–Crippen MR) is 77.6 cm³/mol. The zero-order chi connectivity index (χ0) is 12.5. The highest BCUT2D eigenvalue weighted by molar-refractivity contribution is 7.09. The van der Waals surface area contributed by atoms with Crippen LogP contribution in [-0.2, 0) is 16.0 Å². The van der Waals surface area contributed by atoms with Crippen molar-refractivity contribution in [3.8, 4) is 0 Å². The lowest BCUT2D eigenvalue weighted by molar-refractivity contribution is -0.120. The highest BCUT2D eigenvalue weighted by Crippen LogP contribution is 2.10. The Hall–Kier alpha value is -0.620. The van der Waals surface area contributed by atoms with Gasteiger partial charge < -0.3 is 15.4 Å². The van der Waals surface area contributed by atoms with Gasteiger partial charge in [-0.05, 0) is 18.4 Å². The molecule has 1 amide bonds. The first kappa shape index (κ1) is 17.4. The number of halogens is 1. The molecule has 1 rings (SSSR count). The zero-order valence-electron chi connectivity index (χ0n) is 10.8. The van der Waals surface area contributed by atoms with Gasteiger partial charge in [0.05, 0.1) is 13.2 Å². The Labute approximate surface area is 119 Å². The summed E-state index contributed by atoms with van der Waals surface area (Å²) in [6.07, 6.45) is 0.890. The van der Waals surface area contributed by atoms with Crippen LogP contribution in [0.3, 0.4) is 0 Å². The van der Waals surface area contributed by atoms with E-state index in [-0.39, 0.29) is 24.4 Å². The van der Waals surface area contributed by atoms with E-state index in [0.717, 1.165) is 6.42 Å². The maximum absolute atomic E-state index is 11.5. The molecule has 1 atom stereocenters. The van der Waals surface area contributed by atoms with Crippen LogP contribution < -0.4 is 10.6 Å². The van der Waals surface area contributed by atoms with E-state index in [0.29, 0.717) is 19.7 Å². The van der Waals surface area contributed by atoms with Gasteiger partial charge in [-0.2, -0.15) is 0 Å². The highest BCUT2D eigenvalue weighted by atomic mass is 35.5. The van der Waals surface area contributed by atoms with Crippen LogP contribution in [0.15, 0.2) is 17.5 Å². The van der Waals surface area contributed by atoms with E-state index in [1.807, 2.05) is 13.0 Å². The van der Waals surface area contributed by atoms with E-state index in [2.05, 4.69) is 22.1 Å². The molecule has 1 aromatic rings. The summed E-state index contributed by atoms with van der Waals surface area (Å²) < 4.78 is 4.88. The van der Waals surface area contributed by atoms with E-state index < -0.39 is 0 Å². The van der Waals surface area contributed by atoms with Gasteiger partial charge in [-0.3, -0.25) is 4.79 Å². The predicted octanol–water partition coefficient (Wildman–Crippen LogP) is 1.45. The van der Waals surface area contributed by atoms with E-state index in [4.69, 9.17) is 4.74 Å². The summed E-state index contributed by atoms with van der Waals surface area (Å²) in [5, 5.41) is 8.03. The molecule has 0 aliphatic rings. The topological polar surface area (TPSA) is 50.4 Å². The number of hydrogen-bond donors (Lipinski definition) is 2. The Morgan fingerprint density at radius 3 is 2.94 bits per heavy atom. The normalized spacial score (nSPS) is 11.7. The van der Waals surface area contributed by atoms with Crippen molar-refractivity contribution in [2.45, 2.75) is 19.4 Å². The van der Waals surface area contributed by atoms with Gasteiger partial charge in [-0.1, -0.05) is 6.07 Å². The quantitative estimate of drug-likeness (QED) is 0.713. The molecule has 0 fully saturated rings. The van der Waals surface area contributed by atoms with Gasteiger partial charge in [0.25, 0.3) is 0 Å². The molecule has 1 unspecified atom stereocenters. The SMILES string of the molecule is COCCNCC(=O)NC(C)Cc1cccs1.Cl. The number of amides is 1. The van der Waals surface area contributed by atoms with Gasteiger partial charge in [0, 0.05) is 31.0 Å². The fraction of sp³-hybridized carbons (Fsp3) is 0.583. The van der Waals surface area contributed by atoms with Crippen molar-refractivity contribution in [1.29, 1.82) is 0 Å². The van der Waals surface area contributed by atoms with Gasteiger partial charge in [0.15, 0.2) is 0 Å². The number of thiophene rings is 1. The van der Waals surface area contributed by atoms with Crippen molar-refractivity contribution >= 4 is 29.7 Å². The molecule has 18 heavy (non-hydrogen) atoms. The molecule has 1 heterocycles. The molecule has 0 saturated heterocycles. The van der Waals surface area contributed by atoms with Crippen LogP contribution in [0, 0.1) is 0 Å². The molecule has 0 radical (unpaired) electrons. The minimum absolute atomic E-state index is 0. The molecular weight excluding hydrogens is 272 g/mol. The Morgan fingerprint density at radius 2 is 2.33 bits per heavy atom. The number of carbonyl (C=O) groups excluding carboxylic acids is 1. The van der Waals surface area contributed by atoms with Gasteiger partial charge in [0.2, 0.25) is 5.91 Å². The molecular formula is C12H21ClN2O2S. The summed E-state index contributed by atoms with van der Waals surface area (Å²) in [5.41, 5.74) is 0. The maximum Gasteiger partial charge on any atom is 0.234 e. The third-order valence-electron chi connectivity index (χ3n) is 2.26. The zero-order valence-corrected chi connectivity index (χ0v) is 12.4. The van der Waals surface area contributed by atoms with Crippen molar-refractivity contribution in [3.05, 3.63) is 22.4 Å². The summed E-state index contributed by atoms with van der Waals surface area (Å²) in [6.45, 7) is 3.69. The lowest BCUT2D eigenvalue weighted by Crippen LogP contribution is -2.40. The van der Waals surface area contributed by atoms with Crippen molar-refractivity contribution in [2.24, 2.45) is 0 Å². The Kier molecular flexibility index (Phi) is 9.96. The molecule has 0 spiro atoms. The minimum atomic E-state index is 0. The summed E-state index contributed by atoms with van der Waals surface area (Å²) in [4.78, 5) is 12.8. The lowest BCUT2D eigenvalue weighted by atomic mass is 10.2. The third-order valence-corrected chi connectivity index (χ3v) is 3.16. The van der Waals surface area contributed by atoms with Crippen molar-refractivity contribution in [2.75, 3.05) is 26.8 Å². The highest BCUT2D eigenvalue weighted by Gasteiger charge is 2.07. The first-order valence-corrected chi connectivity index (χ1v) is 6.61. The molecule has 0 aliphatic heterocycles. The number of ether oxygens (including phenoxy) is 1. The molecule has 0 bridgehead atoms. The Morgan fingerprint density at radius 1 is 1.56 bits per heavy atom. The average Bonchev–Trinajstić information content (AvgIpc) is 2.77. The molecule has 2 N–H and O–H groups in total. The number of carbonyl (C=O) groups is 1. The van der Waals surface area contributed by atoms with Gasteiger partial charge in [-0.15, -0.1) is 23.7 Å². The van der Waals surface area contributed by atoms with Crippen LogP contribution in [0.5, 0.6) is 0 Å². The smallest absolute Gasteiger partial charge is 0.234 e. The summed E-state index contributed by atoms with van der Waals surface area (Å²) in [6, 6.07) is 4.29. The number of rotatable bonds is 8. The Balaban J connectivity index is 0.00000289. The maximum atomic E-state index is 11.5. The van der Waals surface area contributed by atoms with Crippen LogP contribution >= 0.6 is 23.7 Å². The largest absolute Gasteiger partial charge is 0.383 e. The van der Waals surface area contributed by atoms with Crippen molar-refractivity contribution < 1.29 is 9.53 Å². The number of hydrogen-bond acceptors (Lipinski definition) is 4. The second kappa shape index (κ2) is 10.3. The molecule has 104 valence electrons. The van der Waals surface area contributed by atoms with Gasteiger partial charge in [0.1, 0.15) is 0 Å². The number of nitrogens with one attached hydrogen (secondary N) is 2. The van der Waals surface area contributed by atoms with Crippen LogP contribution in [0.2, 0.25) is 0 Å². The second-order valence-corrected chi connectivity index (χ2v) is 4.95. The van der Waals surface area contributed by atoms with Crippen LogP contribution in [-0.4, -0.2) is 38.8 Å². The Bertz CT molecular complexity index is 320. The molecule has 6 heteroatoms. The lowest BCUT2D eigenvalue weighted by Gasteiger charge is -2.13. The monoisotopic (exact) mass is 292 g/mol. The molecule has 0 aromatic carbocycles. The molecule has 1 aromatic heterocycles. The van der Waals surface area contributed by atoms with Gasteiger partial charge in [-0.25, -0.2) is 0 Å². The molecule has 0 saturated carbocycles.